The number of carbonyl (C=O) groups is 2. The van der Waals surface area contributed by atoms with Gasteiger partial charge in [0.25, 0.3) is 10.0 Å². The Morgan fingerprint density at radius 2 is 1.69 bits per heavy atom. The molecule has 11 heteroatoms. The molecule has 0 saturated heterocycles. The molecule has 3 rings (SSSR count). The van der Waals surface area contributed by atoms with E-state index in [1.54, 1.807) is 36.4 Å². The second-order valence-electron chi connectivity index (χ2n) is 5.46. The highest BCUT2D eigenvalue weighted by Crippen LogP contribution is 2.29. The highest BCUT2D eigenvalue weighted by molar-refractivity contribution is 7.90. The van der Waals surface area contributed by atoms with Gasteiger partial charge in [0.2, 0.25) is 0 Å². The van der Waals surface area contributed by atoms with E-state index in [1.165, 1.54) is 29.4 Å². The monoisotopic (exact) mass is 429 g/mol. The molecule has 0 aliphatic heterocycles. The van der Waals surface area contributed by atoms with Crippen molar-refractivity contribution in [3.05, 3.63) is 60.3 Å². The Labute approximate surface area is 163 Å². The van der Waals surface area contributed by atoms with Gasteiger partial charge in [0, 0.05) is 11.6 Å². The second kappa shape index (κ2) is 8.35. The zero-order valence-corrected chi connectivity index (χ0v) is 15.6. The number of carbonyl (C=O) groups excluding carboxylic acids is 1. The molecule has 0 atom stereocenters. The summed E-state index contributed by atoms with van der Waals surface area (Å²) < 4.78 is 63.5. The van der Waals surface area contributed by atoms with Crippen LogP contribution in [0, 0.1) is 0 Å². The molecule has 29 heavy (non-hydrogen) atoms. The third-order valence-corrected chi connectivity index (χ3v) is 5.42. The van der Waals surface area contributed by atoms with Crippen LogP contribution in [0.5, 0.6) is 5.75 Å². The van der Waals surface area contributed by atoms with Crippen molar-refractivity contribution in [1.29, 1.82) is 0 Å². The predicted octanol–water partition coefficient (Wildman–Crippen LogP) is 3.33. The molecule has 0 aliphatic carbocycles. The number of rotatable bonds is 4. The molecule has 0 radical (unpaired) electrons. The van der Waals surface area contributed by atoms with Gasteiger partial charge in [-0.3, -0.25) is 4.79 Å². The zero-order valence-electron chi connectivity index (χ0n) is 14.8. The van der Waals surface area contributed by atoms with E-state index >= 15 is 0 Å². The van der Waals surface area contributed by atoms with Crippen LogP contribution in [0.2, 0.25) is 0 Å². The van der Waals surface area contributed by atoms with Crippen LogP contribution in [0.25, 0.3) is 10.9 Å². The van der Waals surface area contributed by atoms with Crippen molar-refractivity contribution >= 4 is 33.2 Å². The van der Waals surface area contributed by atoms with Crippen LogP contribution in [-0.2, 0) is 14.8 Å². The fourth-order valence-electron chi connectivity index (χ4n) is 2.41. The average Bonchev–Trinajstić information content (AvgIpc) is 3.12. The summed E-state index contributed by atoms with van der Waals surface area (Å²) in [4.78, 5) is 20.4. The fourth-order valence-corrected chi connectivity index (χ4v) is 3.78. The summed E-state index contributed by atoms with van der Waals surface area (Å²) in [5, 5.41) is 7.66. The lowest BCUT2D eigenvalue weighted by Gasteiger charge is -2.09. The van der Waals surface area contributed by atoms with Crippen molar-refractivity contribution in [2.45, 2.75) is 11.1 Å². The van der Waals surface area contributed by atoms with Crippen molar-refractivity contribution in [3.8, 4) is 5.75 Å². The number of aldehydes is 1. The smallest absolute Gasteiger partial charge is 0.490 e. The SMILES string of the molecule is COc1ccc2c(ccn2S(=O)(=O)c2ccccc2)c1C=O.O=C(O)C(F)(F)F. The standard InChI is InChI=1S/C16H13NO4S.C2HF3O2/c1-21-16-8-7-15-13(14(16)11-18)9-10-17(15)22(19,20)12-5-3-2-4-6-12;3-2(4,5)1(6)7/h2-11H,1H3;(H,6,7). The van der Waals surface area contributed by atoms with E-state index in [2.05, 4.69) is 0 Å². The Hall–Kier alpha value is -3.34. The van der Waals surface area contributed by atoms with Crippen LogP contribution >= 0.6 is 0 Å². The van der Waals surface area contributed by atoms with Crippen LogP contribution in [0.3, 0.4) is 0 Å². The lowest BCUT2D eigenvalue weighted by Crippen LogP contribution is -2.21. The molecule has 0 spiro atoms. The Bertz CT molecular complexity index is 1140. The van der Waals surface area contributed by atoms with E-state index in [9.17, 15) is 26.4 Å². The molecule has 0 unspecified atom stereocenters. The molecule has 0 bridgehead atoms. The van der Waals surface area contributed by atoms with Gasteiger partial charge in [-0.2, -0.15) is 13.2 Å². The number of hydrogen-bond acceptors (Lipinski definition) is 5. The Morgan fingerprint density at radius 3 is 2.17 bits per heavy atom. The maximum Gasteiger partial charge on any atom is 0.490 e. The molecule has 1 N–H and O–H groups in total. The summed E-state index contributed by atoms with van der Waals surface area (Å²) in [6.07, 6.45) is -2.97. The number of alkyl halides is 3. The van der Waals surface area contributed by atoms with Crippen LogP contribution in [0.15, 0.2) is 59.6 Å². The highest BCUT2D eigenvalue weighted by Gasteiger charge is 2.38. The Balaban J connectivity index is 0.000000370. The van der Waals surface area contributed by atoms with Crippen molar-refractivity contribution in [2.75, 3.05) is 7.11 Å². The number of aromatic nitrogens is 1. The molecule has 1 aromatic heterocycles. The van der Waals surface area contributed by atoms with E-state index in [4.69, 9.17) is 14.6 Å². The number of methoxy groups -OCH3 is 1. The fraction of sp³-hybridized carbons (Fsp3) is 0.111. The molecular formula is C18H14F3NO6S. The topological polar surface area (TPSA) is 103 Å². The van der Waals surface area contributed by atoms with E-state index in [0.717, 1.165) is 0 Å². The Morgan fingerprint density at radius 1 is 1.10 bits per heavy atom. The molecule has 0 amide bonds. The molecule has 3 aromatic rings. The number of hydrogen-bond donors (Lipinski definition) is 1. The second-order valence-corrected chi connectivity index (χ2v) is 7.28. The molecule has 7 nitrogen and oxygen atoms in total. The molecule has 1 heterocycles. The third-order valence-electron chi connectivity index (χ3n) is 3.72. The van der Waals surface area contributed by atoms with Gasteiger partial charge >= 0.3 is 12.1 Å². The molecule has 154 valence electrons. The van der Waals surface area contributed by atoms with Gasteiger partial charge in [0.05, 0.1) is 23.1 Å². The van der Waals surface area contributed by atoms with Crippen LogP contribution in [0.4, 0.5) is 13.2 Å². The van der Waals surface area contributed by atoms with Gasteiger partial charge < -0.3 is 9.84 Å². The minimum absolute atomic E-state index is 0.191. The first-order valence-electron chi connectivity index (χ1n) is 7.78. The summed E-state index contributed by atoms with van der Waals surface area (Å²) in [6.45, 7) is 0. The van der Waals surface area contributed by atoms with Crippen LogP contribution in [0.1, 0.15) is 10.4 Å². The quantitative estimate of drug-likeness (QED) is 0.639. The van der Waals surface area contributed by atoms with Crippen molar-refractivity contribution < 1.29 is 41.0 Å². The summed E-state index contributed by atoms with van der Waals surface area (Å²) >= 11 is 0. The summed E-state index contributed by atoms with van der Waals surface area (Å²) in [6, 6.07) is 13.0. The molecule has 0 saturated carbocycles. The molecule has 2 aromatic carbocycles. The number of aliphatic carboxylic acids is 1. The number of benzene rings is 2. The van der Waals surface area contributed by atoms with Crippen molar-refractivity contribution in [3.63, 3.8) is 0 Å². The largest absolute Gasteiger partial charge is 0.496 e. The normalized spacial score (nSPS) is 11.4. The number of fused-ring (bicyclic) bond motifs is 1. The average molecular weight is 429 g/mol. The summed E-state index contributed by atoms with van der Waals surface area (Å²) in [5.41, 5.74) is 0.772. The van der Waals surface area contributed by atoms with Crippen molar-refractivity contribution in [1.82, 2.24) is 3.97 Å². The molecular weight excluding hydrogens is 415 g/mol. The first-order chi connectivity index (χ1) is 13.5. The highest BCUT2D eigenvalue weighted by atomic mass is 32.2. The number of carboxylic acid groups (broad SMARTS) is 1. The molecule has 0 fully saturated rings. The maximum atomic E-state index is 12.7. The third kappa shape index (κ3) is 4.57. The first-order valence-corrected chi connectivity index (χ1v) is 9.22. The predicted molar refractivity (Wildman–Crippen MR) is 96.6 cm³/mol. The van der Waals surface area contributed by atoms with E-state index in [0.29, 0.717) is 28.5 Å². The number of nitrogens with zero attached hydrogens (tertiary/aromatic N) is 1. The maximum absolute atomic E-state index is 12.7. The number of carboxylic acids is 1. The zero-order chi connectivity index (χ0) is 21.8. The van der Waals surface area contributed by atoms with Gasteiger partial charge in [-0.15, -0.1) is 0 Å². The number of ether oxygens (including phenoxy) is 1. The van der Waals surface area contributed by atoms with Gasteiger partial charge in [0.15, 0.2) is 6.29 Å². The lowest BCUT2D eigenvalue weighted by molar-refractivity contribution is -0.192. The minimum Gasteiger partial charge on any atom is -0.496 e. The van der Waals surface area contributed by atoms with E-state index < -0.39 is 22.2 Å². The van der Waals surface area contributed by atoms with Crippen LogP contribution in [-0.4, -0.2) is 43.0 Å². The summed E-state index contributed by atoms with van der Waals surface area (Å²) in [7, 11) is -2.24. The first kappa shape index (κ1) is 22.0. The van der Waals surface area contributed by atoms with Crippen LogP contribution < -0.4 is 4.74 Å². The lowest BCUT2D eigenvalue weighted by atomic mass is 10.1. The number of halogens is 3. The van der Waals surface area contributed by atoms with Gasteiger partial charge in [-0.1, -0.05) is 18.2 Å². The van der Waals surface area contributed by atoms with E-state index in [1.807, 2.05) is 0 Å². The minimum atomic E-state index is -5.08. The van der Waals surface area contributed by atoms with E-state index in [-0.39, 0.29) is 4.90 Å². The van der Waals surface area contributed by atoms with Gasteiger partial charge in [-0.25, -0.2) is 17.2 Å². The van der Waals surface area contributed by atoms with Crippen molar-refractivity contribution in [2.24, 2.45) is 0 Å². The summed E-state index contributed by atoms with van der Waals surface area (Å²) in [5.74, 6) is -2.34. The molecule has 0 aliphatic rings. The Kier molecular flexibility index (Phi) is 6.32. The van der Waals surface area contributed by atoms with Gasteiger partial charge in [0.1, 0.15) is 5.75 Å². The van der Waals surface area contributed by atoms with Gasteiger partial charge in [-0.05, 0) is 30.3 Å².